The van der Waals surface area contributed by atoms with Crippen LogP contribution in [0.25, 0.3) is 0 Å². The molecule has 0 unspecified atom stereocenters. The number of aromatic nitrogens is 3. The van der Waals surface area contributed by atoms with Gasteiger partial charge < -0.3 is 19.6 Å². The second kappa shape index (κ2) is 9.64. The van der Waals surface area contributed by atoms with Gasteiger partial charge in [-0.3, -0.25) is 4.98 Å². The van der Waals surface area contributed by atoms with Crippen molar-refractivity contribution >= 4 is 17.9 Å². The summed E-state index contributed by atoms with van der Waals surface area (Å²) in [5, 5.41) is 3.20. The van der Waals surface area contributed by atoms with Gasteiger partial charge in [0.05, 0.1) is 24.2 Å². The quantitative estimate of drug-likeness (QED) is 0.552. The van der Waals surface area contributed by atoms with Gasteiger partial charge in [-0.2, -0.15) is 4.98 Å². The van der Waals surface area contributed by atoms with E-state index in [1.54, 1.807) is 13.2 Å². The van der Waals surface area contributed by atoms with Gasteiger partial charge in [0.15, 0.2) is 0 Å². The van der Waals surface area contributed by atoms with Crippen LogP contribution in [0.1, 0.15) is 29.1 Å². The number of hydrogen-bond donors (Lipinski definition) is 1. The highest BCUT2D eigenvalue weighted by Gasteiger charge is 2.09. The Bertz CT molecular complexity index is 974. The fourth-order valence-electron chi connectivity index (χ4n) is 2.76. The van der Waals surface area contributed by atoms with Crippen molar-refractivity contribution in [1.82, 2.24) is 15.0 Å². The van der Waals surface area contributed by atoms with Crippen molar-refractivity contribution in [1.29, 1.82) is 0 Å². The summed E-state index contributed by atoms with van der Waals surface area (Å²) >= 11 is 0. The molecule has 2 aromatic heterocycles. The van der Waals surface area contributed by atoms with E-state index in [4.69, 9.17) is 9.47 Å². The molecule has 29 heavy (non-hydrogen) atoms. The van der Waals surface area contributed by atoms with Crippen LogP contribution >= 0.6 is 0 Å². The minimum atomic E-state index is 0.360. The number of benzene rings is 1. The fraction of sp³-hybridized carbons (Fsp3) is 0.273. The molecule has 0 aliphatic carbocycles. The molecule has 7 heteroatoms. The molecule has 3 rings (SSSR count). The monoisotopic (exact) mass is 392 g/mol. The Morgan fingerprint density at radius 3 is 2.52 bits per heavy atom. The van der Waals surface area contributed by atoms with E-state index in [0.29, 0.717) is 31.3 Å². The van der Waals surface area contributed by atoms with Crippen LogP contribution in [0.5, 0.6) is 11.6 Å². The van der Waals surface area contributed by atoms with Gasteiger partial charge in [0, 0.05) is 18.2 Å². The Labute approximate surface area is 170 Å². The number of aryl methyl sites for hydroxylation is 3. The van der Waals surface area contributed by atoms with Gasteiger partial charge in [-0.25, -0.2) is 4.98 Å². The third kappa shape index (κ3) is 5.75. The zero-order chi connectivity index (χ0) is 20.6. The highest BCUT2D eigenvalue weighted by molar-refractivity contribution is 5.57. The van der Waals surface area contributed by atoms with Crippen LogP contribution in [-0.4, -0.2) is 28.3 Å². The van der Waals surface area contributed by atoms with E-state index < -0.39 is 0 Å². The number of ether oxygens (including phenoxy) is 2. The highest BCUT2D eigenvalue weighted by Crippen LogP contribution is 2.21. The first kappa shape index (κ1) is 20.3. The van der Waals surface area contributed by atoms with Crippen LogP contribution < -0.4 is 14.8 Å². The number of aldehydes is 1. The van der Waals surface area contributed by atoms with Crippen LogP contribution in [0.2, 0.25) is 0 Å². The lowest BCUT2D eigenvalue weighted by Crippen LogP contribution is -2.06. The van der Waals surface area contributed by atoms with Crippen molar-refractivity contribution < 1.29 is 14.3 Å². The Morgan fingerprint density at radius 1 is 1.03 bits per heavy atom. The van der Waals surface area contributed by atoms with Crippen molar-refractivity contribution in [2.24, 2.45) is 0 Å². The third-order valence-electron chi connectivity index (χ3n) is 4.29. The fourth-order valence-corrected chi connectivity index (χ4v) is 2.76. The average molecular weight is 392 g/mol. The molecule has 0 radical (unpaired) electrons. The molecule has 0 bridgehead atoms. The van der Waals surface area contributed by atoms with E-state index in [0.717, 1.165) is 40.4 Å². The molecule has 0 saturated carbocycles. The van der Waals surface area contributed by atoms with Gasteiger partial charge in [0.25, 0.3) is 0 Å². The molecule has 3 aromatic rings. The normalized spacial score (nSPS) is 10.4. The third-order valence-corrected chi connectivity index (χ3v) is 4.29. The van der Waals surface area contributed by atoms with Gasteiger partial charge in [-0.1, -0.05) is 12.1 Å². The number of nitrogens with zero attached hydrogens (tertiary/aromatic N) is 3. The minimum Gasteiger partial charge on any atom is -0.497 e. The van der Waals surface area contributed by atoms with Crippen molar-refractivity contribution in [2.75, 3.05) is 12.4 Å². The lowest BCUT2D eigenvalue weighted by molar-refractivity contribution is -0.107. The second-order valence-electron chi connectivity index (χ2n) is 6.57. The number of pyridine rings is 1. The van der Waals surface area contributed by atoms with E-state index in [9.17, 15) is 4.79 Å². The smallest absolute Gasteiger partial charge is 0.230 e. The number of carbonyl (C=O) groups excluding carboxylic acids is 1. The summed E-state index contributed by atoms with van der Waals surface area (Å²) in [6.45, 7) is 4.23. The number of nitrogens with one attached hydrogen (secondary N) is 1. The lowest BCUT2D eigenvalue weighted by atomic mass is 10.2. The molecule has 0 atom stereocenters. The summed E-state index contributed by atoms with van der Waals surface area (Å²) in [7, 11) is 1.63. The standard InChI is InChI=1S/C22H24N4O3/c1-15-6-11-20(16(2)23-15)25-22-24-18(5-4-12-27)13-21(26-22)29-14-17-7-9-19(28-3)10-8-17/h6-13H,4-5,14H2,1-3H3,(H,24,25,26). The van der Waals surface area contributed by atoms with Gasteiger partial charge in [0.1, 0.15) is 18.6 Å². The van der Waals surface area contributed by atoms with Crippen LogP contribution in [-0.2, 0) is 17.8 Å². The Hall–Kier alpha value is -3.48. The molecule has 1 N–H and O–H groups in total. The molecule has 1 aromatic carbocycles. The molecule has 150 valence electrons. The van der Waals surface area contributed by atoms with Crippen molar-refractivity contribution in [2.45, 2.75) is 33.3 Å². The van der Waals surface area contributed by atoms with E-state index in [1.165, 1.54) is 0 Å². The SMILES string of the molecule is COc1ccc(COc2cc(CCC=O)nc(Nc3ccc(C)nc3C)n2)cc1. The topological polar surface area (TPSA) is 86.2 Å². The maximum Gasteiger partial charge on any atom is 0.230 e. The summed E-state index contributed by atoms with van der Waals surface area (Å²) in [5.41, 5.74) is 4.35. The van der Waals surface area contributed by atoms with Gasteiger partial charge in [-0.15, -0.1) is 0 Å². The molecule has 0 aliphatic heterocycles. The summed E-state index contributed by atoms with van der Waals surface area (Å²) in [4.78, 5) is 24.2. The van der Waals surface area contributed by atoms with E-state index in [1.807, 2.05) is 50.2 Å². The van der Waals surface area contributed by atoms with E-state index >= 15 is 0 Å². The van der Waals surface area contributed by atoms with Crippen molar-refractivity contribution in [3.63, 3.8) is 0 Å². The van der Waals surface area contributed by atoms with Gasteiger partial charge in [0.2, 0.25) is 11.8 Å². The molecule has 0 saturated heterocycles. The molecule has 2 heterocycles. The summed E-state index contributed by atoms with van der Waals surface area (Å²) in [6.07, 6.45) is 1.78. The van der Waals surface area contributed by atoms with Crippen LogP contribution in [0, 0.1) is 13.8 Å². The number of rotatable bonds is 9. The van der Waals surface area contributed by atoms with Gasteiger partial charge in [-0.05, 0) is 50.1 Å². The molecule has 0 aliphatic rings. The Balaban J connectivity index is 1.79. The maximum absolute atomic E-state index is 10.8. The first-order chi connectivity index (χ1) is 14.1. The zero-order valence-corrected chi connectivity index (χ0v) is 16.8. The first-order valence-electron chi connectivity index (χ1n) is 9.36. The molecule has 7 nitrogen and oxygen atoms in total. The van der Waals surface area contributed by atoms with Crippen LogP contribution in [0.4, 0.5) is 11.6 Å². The van der Waals surface area contributed by atoms with E-state index in [2.05, 4.69) is 20.3 Å². The minimum absolute atomic E-state index is 0.360. The number of carbonyl (C=O) groups is 1. The number of anilines is 2. The van der Waals surface area contributed by atoms with E-state index in [-0.39, 0.29) is 0 Å². The van der Waals surface area contributed by atoms with Crippen LogP contribution in [0.15, 0.2) is 42.5 Å². The van der Waals surface area contributed by atoms with Gasteiger partial charge >= 0.3 is 0 Å². The first-order valence-corrected chi connectivity index (χ1v) is 9.36. The number of hydrogen-bond acceptors (Lipinski definition) is 7. The average Bonchev–Trinajstić information content (AvgIpc) is 2.73. The second-order valence-corrected chi connectivity index (χ2v) is 6.57. The van der Waals surface area contributed by atoms with Crippen molar-refractivity contribution in [3.8, 4) is 11.6 Å². The predicted octanol–water partition coefficient (Wildman–Crippen LogP) is 3.95. The number of methoxy groups -OCH3 is 1. The zero-order valence-electron chi connectivity index (χ0n) is 16.8. The molecular formula is C22H24N4O3. The lowest BCUT2D eigenvalue weighted by Gasteiger charge is -2.12. The molecule has 0 spiro atoms. The summed E-state index contributed by atoms with van der Waals surface area (Å²) in [6, 6.07) is 13.3. The maximum atomic E-state index is 10.8. The highest BCUT2D eigenvalue weighted by atomic mass is 16.5. The predicted molar refractivity (Wildman–Crippen MR) is 111 cm³/mol. The Kier molecular flexibility index (Phi) is 6.73. The summed E-state index contributed by atoms with van der Waals surface area (Å²) in [5.74, 6) is 1.64. The summed E-state index contributed by atoms with van der Waals surface area (Å²) < 4.78 is 11.0. The van der Waals surface area contributed by atoms with Crippen molar-refractivity contribution in [3.05, 3.63) is 65.1 Å². The molecule has 0 fully saturated rings. The van der Waals surface area contributed by atoms with Crippen LogP contribution in [0.3, 0.4) is 0 Å². The largest absolute Gasteiger partial charge is 0.497 e. The molecule has 0 amide bonds. The Morgan fingerprint density at radius 2 is 1.83 bits per heavy atom. The molecular weight excluding hydrogens is 368 g/mol.